The first-order chi connectivity index (χ1) is 8.99. The van der Waals surface area contributed by atoms with Crippen molar-refractivity contribution in [1.29, 1.82) is 0 Å². The van der Waals surface area contributed by atoms with Crippen molar-refractivity contribution in [2.75, 3.05) is 24.6 Å². The van der Waals surface area contributed by atoms with Gasteiger partial charge in [-0.05, 0) is 12.1 Å². The van der Waals surface area contributed by atoms with Gasteiger partial charge in [0.15, 0.2) is 6.10 Å². The van der Waals surface area contributed by atoms with Crippen molar-refractivity contribution < 1.29 is 14.5 Å². The number of nitrogens with two attached hydrogens (primary N) is 1. The summed E-state index contributed by atoms with van der Waals surface area (Å²) in [7, 11) is 0. The minimum atomic E-state index is -0.743. The van der Waals surface area contributed by atoms with Gasteiger partial charge in [0.05, 0.1) is 18.1 Å². The number of halogens is 1. The average Bonchev–Trinajstić information content (AvgIpc) is 2.38. The lowest BCUT2D eigenvalue weighted by Crippen LogP contribution is -2.48. The summed E-state index contributed by atoms with van der Waals surface area (Å²) in [6.07, 6.45) is -0.743. The normalized spacial score (nSPS) is 19.2. The number of benzene rings is 1. The number of carbonyl (C=O) groups is 1. The summed E-state index contributed by atoms with van der Waals surface area (Å²) in [6, 6.07) is 4.68. The second kappa shape index (κ2) is 5.54. The number of anilines is 1. The van der Waals surface area contributed by atoms with Crippen LogP contribution >= 0.6 is 15.9 Å². The molecule has 8 heteroatoms. The summed E-state index contributed by atoms with van der Waals surface area (Å²) >= 11 is 3.28. The van der Waals surface area contributed by atoms with Gasteiger partial charge >= 0.3 is 0 Å². The van der Waals surface area contributed by atoms with E-state index in [1.165, 1.54) is 6.07 Å². The van der Waals surface area contributed by atoms with Gasteiger partial charge in [0, 0.05) is 17.1 Å². The second-order valence-electron chi connectivity index (χ2n) is 4.10. The molecule has 0 unspecified atom stereocenters. The quantitative estimate of drug-likeness (QED) is 0.660. The largest absolute Gasteiger partial charge is 0.367 e. The minimum Gasteiger partial charge on any atom is -0.367 e. The number of nitro groups is 1. The second-order valence-corrected chi connectivity index (χ2v) is 5.01. The highest BCUT2D eigenvalue weighted by atomic mass is 79.9. The standard InChI is InChI=1S/C11H12BrN3O4/c12-7-1-2-8(15(17)18)9(5-7)14-3-4-19-10(6-14)11(13)16/h1-2,5,10H,3-4,6H2,(H2,13,16)/t10-/m0/s1. The topological polar surface area (TPSA) is 98.7 Å². The minimum absolute atomic E-state index is 0.00618. The number of rotatable bonds is 3. The van der Waals surface area contributed by atoms with E-state index in [2.05, 4.69) is 15.9 Å². The first-order valence-corrected chi connectivity index (χ1v) is 6.38. The molecule has 1 aromatic carbocycles. The highest BCUT2D eigenvalue weighted by Crippen LogP contribution is 2.32. The fourth-order valence-corrected chi connectivity index (χ4v) is 2.29. The third kappa shape index (κ3) is 3.02. The molecule has 0 bridgehead atoms. The summed E-state index contributed by atoms with van der Waals surface area (Å²) < 4.78 is 5.96. The molecule has 0 spiro atoms. The molecule has 1 amide bonds. The maximum absolute atomic E-state index is 11.1. The van der Waals surface area contributed by atoms with Crippen LogP contribution < -0.4 is 10.6 Å². The number of primary amides is 1. The fourth-order valence-electron chi connectivity index (χ4n) is 1.94. The third-order valence-electron chi connectivity index (χ3n) is 2.86. The van der Waals surface area contributed by atoms with E-state index in [0.717, 1.165) is 4.47 Å². The Bertz CT molecular complexity index is 523. The van der Waals surface area contributed by atoms with Crippen LogP contribution in [0.15, 0.2) is 22.7 Å². The van der Waals surface area contributed by atoms with Crippen LogP contribution in [0.25, 0.3) is 0 Å². The summed E-state index contributed by atoms with van der Waals surface area (Å²) in [4.78, 5) is 23.5. The van der Waals surface area contributed by atoms with Gasteiger partial charge in [-0.25, -0.2) is 0 Å². The molecule has 102 valence electrons. The van der Waals surface area contributed by atoms with Crippen molar-refractivity contribution in [3.63, 3.8) is 0 Å². The van der Waals surface area contributed by atoms with E-state index in [1.807, 2.05) is 0 Å². The van der Waals surface area contributed by atoms with Gasteiger partial charge in [0.2, 0.25) is 5.91 Å². The first kappa shape index (κ1) is 13.8. The van der Waals surface area contributed by atoms with Gasteiger partial charge in [-0.2, -0.15) is 0 Å². The van der Waals surface area contributed by atoms with E-state index in [-0.39, 0.29) is 12.2 Å². The Morgan fingerprint density at radius 3 is 2.95 bits per heavy atom. The van der Waals surface area contributed by atoms with Crippen molar-refractivity contribution in [2.24, 2.45) is 5.73 Å². The monoisotopic (exact) mass is 329 g/mol. The molecule has 19 heavy (non-hydrogen) atoms. The van der Waals surface area contributed by atoms with Gasteiger partial charge in [-0.3, -0.25) is 14.9 Å². The van der Waals surface area contributed by atoms with Crippen molar-refractivity contribution in [2.45, 2.75) is 6.10 Å². The first-order valence-electron chi connectivity index (χ1n) is 5.59. The van der Waals surface area contributed by atoms with Crippen LogP contribution in [0.5, 0.6) is 0 Å². The Morgan fingerprint density at radius 1 is 1.58 bits per heavy atom. The predicted molar refractivity (Wildman–Crippen MR) is 71.9 cm³/mol. The molecule has 0 radical (unpaired) electrons. The number of ether oxygens (including phenoxy) is 1. The summed E-state index contributed by atoms with van der Waals surface area (Å²) in [5, 5.41) is 11.0. The Balaban J connectivity index is 2.32. The number of carbonyl (C=O) groups excluding carboxylic acids is 1. The molecule has 2 rings (SSSR count). The van der Waals surface area contributed by atoms with Crippen LogP contribution in [-0.2, 0) is 9.53 Å². The molecule has 1 aliphatic rings. The van der Waals surface area contributed by atoms with Crippen LogP contribution in [0.4, 0.5) is 11.4 Å². The molecule has 1 heterocycles. The average molecular weight is 330 g/mol. The van der Waals surface area contributed by atoms with Gasteiger partial charge in [0.1, 0.15) is 5.69 Å². The Hall–Kier alpha value is -1.67. The van der Waals surface area contributed by atoms with Crippen molar-refractivity contribution in [1.82, 2.24) is 0 Å². The molecule has 1 fully saturated rings. The van der Waals surface area contributed by atoms with Crippen molar-refractivity contribution in [3.8, 4) is 0 Å². The molecule has 0 aliphatic carbocycles. The molecular formula is C11H12BrN3O4. The van der Waals surface area contributed by atoms with E-state index in [4.69, 9.17) is 10.5 Å². The smallest absolute Gasteiger partial charge is 0.292 e. The molecule has 7 nitrogen and oxygen atoms in total. The molecule has 1 atom stereocenters. The maximum Gasteiger partial charge on any atom is 0.292 e. The zero-order chi connectivity index (χ0) is 14.0. The lowest BCUT2D eigenvalue weighted by molar-refractivity contribution is -0.384. The highest BCUT2D eigenvalue weighted by Gasteiger charge is 2.28. The molecule has 1 aromatic rings. The summed E-state index contributed by atoms with van der Waals surface area (Å²) in [6.45, 7) is 0.991. The van der Waals surface area contributed by atoms with E-state index in [1.54, 1.807) is 17.0 Å². The number of amides is 1. The number of nitrogens with zero attached hydrogens (tertiary/aromatic N) is 2. The molecule has 1 aliphatic heterocycles. The van der Waals surface area contributed by atoms with Crippen molar-refractivity contribution in [3.05, 3.63) is 32.8 Å². The van der Waals surface area contributed by atoms with Gasteiger partial charge < -0.3 is 15.4 Å². The van der Waals surface area contributed by atoms with Crippen LogP contribution in [0.1, 0.15) is 0 Å². The highest BCUT2D eigenvalue weighted by molar-refractivity contribution is 9.10. The predicted octanol–water partition coefficient (Wildman–Crippen LogP) is 1.05. The number of hydrogen-bond donors (Lipinski definition) is 1. The molecule has 0 aromatic heterocycles. The van der Waals surface area contributed by atoms with Gasteiger partial charge in [-0.15, -0.1) is 0 Å². The zero-order valence-electron chi connectivity index (χ0n) is 9.91. The molecular weight excluding hydrogens is 318 g/mol. The molecule has 1 saturated heterocycles. The number of hydrogen-bond acceptors (Lipinski definition) is 5. The number of morpholine rings is 1. The van der Waals surface area contributed by atoms with E-state index in [9.17, 15) is 14.9 Å². The maximum atomic E-state index is 11.1. The fraction of sp³-hybridized carbons (Fsp3) is 0.364. The molecule has 0 saturated carbocycles. The van der Waals surface area contributed by atoms with E-state index < -0.39 is 16.9 Å². The summed E-state index contributed by atoms with van der Waals surface area (Å²) in [5.41, 5.74) is 5.65. The Kier molecular flexibility index (Phi) is 4.01. The van der Waals surface area contributed by atoms with Crippen LogP contribution in [0.2, 0.25) is 0 Å². The molecule has 2 N–H and O–H groups in total. The zero-order valence-corrected chi connectivity index (χ0v) is 11.5. The van der Waals surface area contributed by atoms with E-state index in [0.29, 0.717) is 18.8 Å². The Labute approximate surface area is 117 Å². The number of nitro benzene ring substituents is 1. The Morgan fingerprint density at radius 2 is 2.32 bits per heavy atom. The van der Waals surface area contributed by atoms with Gasteiger partial charge in [-0.1, -0.05) is 15.9 Å². The SMILES string of the molecule is NC(=O)[C@@H]1CN(c2cc(Br)ccc2[N+](=O)[O-])CCO1. The van der Waals surface area contributed by atoms with Crippen molar-refractivity contribution >= 4 is 33.2 Å². The van der Waals surface area contributed by atoms with Crippen LogP contribution in [0.3, 0.4) is 0 Å². The third-order valence-corrected chi connectivity index (χ3v) is 3.35. The van der Waals surface area contributed by atoms with Crippen LogP contribution in [0, 0.1) is 10.1 Å². The lowest BCUT2D eigenvalue weighted by Gasteiger charge is -2.32. The summed E-state index contributed by atoms with van der Waals surface area (Å²) in [5.74, 6) is -0.567. The van der Waals surface area contributed by atoms with Crippen LogP contribution in [-0.4, -0.2) is 36.6 Å². The van der Waals surface area contributed by atoms with E-state index >= 15 is 0 Å². The van der Waals surface area contributed by atoms with Gasteiger partial charge in [0.25, 0.3) is 5.69 Å². The lowest BCUT2D eigenvalue weighted by atomic mass is 10.2.